The molecule has 1 aromatic heterocycles. The van der Waals surface area contributed by atoms with Gasteiger partial charge in [-0.2, -0.15) is 5.10 Å². The van der Waals surface area contributed by atoms with Crippen molar-refractivity contribution in [1.29, 1.82) is 0 Å². The third-order valence-corrected chi connectivity index (χ3v) is 6.36. The molecule has 12 nitrogen and oxygen atoms in total. The van der Waals surface area contributed by atoms with E-state index in [0.717, 1.165) is 49.5 Å². The summed E-state index contributed by atoms with van der Waals surface area (Å²) in [6.45, 7) is 8.21. The van der Waals surface area contributed by atoms with Gasteiger partial charge in [0.25, 0.3) is 5.91 Å². The maximum Gasteiger partial charge on any atom is 0.408 e. The molecule has 3 aromatic rings. The Bertz CT molecular complexity index is 1400. The van der Waals surface area contributed by atoms with Crippen LogP contribution in [0.5, 0.6) is 0 Å². The minimum absolute atomic E-state index is 0.0368. The smallest absolute Gasteiger partial charge is 0.408 e. The molecule has 12 heteroatoms. The number of aryl methyl sites for hydroxylation is 1. The highest BCUT2D eigenvalue weighted by Gasteiger charge is 2.28. The Kier molecular flexibility index (Phi) is 10.4. The fourth-order valence-electron chi connectivity index (χ4n) is 4.35. The predicted molar refractivity (Wildman–Crippen MR) is 159 cm³/mol. The zero-order valence-corrected chi connectivity index (χ0v) is 24.3. The number of aliphatic imine (C=N–C) groups is 1. The van der Waals surface area contributed by atoms with Crippen LogP contribution in [-0.2, 0) is 27.4 Å². The molecule has 1 atom stereocenters. The third kappa shape index (κ3) is 8.95. The number of hydrogen-bond acceptors (Lipinski definition) is 9. The number of carbonyl (C=O) groups excluding carboxylic acids is 3. The summed E-state index contributed by atoms with van der Waals surface area (Å²) in [6.07, 6.45) is 2.71. The Labute approximate surface area is 245 Å². The van der Waals surface area contributed by atoms with Crippen LogP contribution in [0.4, 0.5) is 4.79 Å². The monoisotopic (exact) mass is 577 g/mol. The van der Waals surface area contributed by atoms with Crippen LogP contribution in [0.15, 0.2) is 59.7 Å². The van der Waals surface area contributed by atoms with E-state index >= 15 is 0 Å². The summed E-state index contributed by atoms with van der Waals surface area (Å²) in [5.41, 5.74) is 1.27. The maximum absolute atomic E-state index is 13.2. The summed E-state index contributed by atoms with van der Waals surface area (Å²) < 4.78 is 12.6. The van der Waals surface area contributed by atoms with E-state index in [0.29, 0.717) is 17.5 Å². The average molecular weight is 578 g/mol. The SMILES string of the molecule is CC(C)(C)OC(=O)[C@H](CNC(=O)c1cccc2c1cnn2CCCCNC1=NCCN1)NC(=O)OCc1ccccc1. The minimum atomic E-state index is -1.16. The van der Waals surface area contributed by atoms with E-state index in [1.165, 1.54) is 0 Å². The minimum Gasteiger partial charge on any atom is -0.458 e. The van der Waals surface area contributed by atoms with Crippen LogP contribution in [0.1, 0.15) is 49.5 Å². The quantitative estimate of drug-likeness (QED) is 0.190. The van der Waals surface area contributed by atoms with E-state index in [-0.39, 0.29) is 13.2 Å². The van der Waals surface area contributed by atoms with Crippen molar-refractivity contribution < 1.29 is 23.9 Å². The van der Waals surface area contributed by atoms with Gasteiger partial charge >= 0.3 is 12.1 Å². The molecule has 0 spiro atoms. The molecule has 2 heterocycles. The lowest BCUT2D eigenvalue weighted by Crippen LogP contribution is -2.50. The van der Waals surface area contributed by atoms with Crippen LogP contribution in [-0.4, -0.2) is 71.5 Å². The number of fused-ring (bicyclic) bond motifs is 1. The summed E-state index contributed by atoms with van der Waals surface area (Å²) in [5, 5.41) is 16.9. The number of hydrogen-bond donors (Lipinski definition) is 4. The van der Waals surface area contributed by atoms with Crippen molar-refractivity contribution in [2.75, 3.05) is 26.2 Å². The number of nitrogens with one attached hydrogen (secondary N) is 4. The lowest BCUT2D eigenvalue weighted by atomic mass is 10.1. The Morgan fingerprint density at radius 1 is 1.07 bits per heavy atom. The van der Waals surface area contributed by atoms with Crippen LogP contribution < -0.4 is 21.3 Å². The number of alkyl carbamates (subject to hydrolysis) is 1. The lowest BCUT2D eigenvalue weighted by molar-refractivity contribution is -0.157. The van der Waals surface area contributed by atoms with Crippen molar-refractivity contribution in [2.24, 2.45) is 4.99 Å². The number of unbranched alkanes of at least 4 members (excludes halogenated alkanes) is 1. The van der Waals surface area contributed by atoms with Gasteiger partial charge in [-0.05, 0) is 51.3 Å². The number of carbonyl (C=O) groups is 3. The summed E-state index contributed by atoms with van der Waals surface area (Å²) in [7, 11) is 0. The molecule has 0 saturated heterocycles. The van der Waals surface area contributed by atoms with Crippen LogP contribution in [0.25, 0.3) is 10.9 Å². The second-order valence-corrected chi connectivity index (χ2v) is 10.9. The Morgan fingerprint density at radius 3 is 2.62 bits per heavy atom. The van der Waals surface area contributed by atoms with Crippen molar-refractivity contribution in [3.8, 4) is 0 Å². The van der Waals surface area contributed by atoms with E-state index in [1.807, 2.05) is 41.1 Å². The highest BCUT2D eigenvalue weighted by atomic mass is 16.6. The molecule has 0 fully saturated rings. The number of rotatable bonds is 12. The molecule has 224 valence electrons. The number of amides is 2. The van der Waals surface area contributed by atoms with Gasteiger partial charge in [0.1, 0.15) is 18.2 Å². The van der Waals surface area contributed by atoms with Gasteiger partial charge in [0.2, 0.25) is 0 Å². The van der Waals surface area contributed by atoms with Crippen molar-refractivity contribution >= 4 is 34.8 Å². The normalized spacial score (nSPS) is 13.5. The van der Waals surface area contributed by atoms with Crippen LogP contribution in [0.2, 0.25) is 0 Å². The first-order chi connectivity index (χ1) is 20.2. The average Bonchev–Trinajstić information content (AvgIpc) is 3.63. The van der Waals surface area contributed by atoms with Crippen molar-refractivity contribution in [3.63, 3.8) is 0 Å². The molecule has 4 rings (SSSR count). The standard InChI is InChI=1S/C30H39N7O5/c1-30(2,3)42-27(39)24(36-29(40)41-20-21-10-5-4-6-11-21)19-34-26(38)22-12-9-13-25-23(22)18-35-37(25)17-8-7-14-31-28-32-15-16-33-28/h4-6,9-13,18,24H,7-8,14-17,19-20H2,1-3H3,(H,34,38)(H,36,40)(H2,31,32,33)/t24-/m0/s1. The summed E-state index contributed by atoms with van der Waals surface area (Å²) in [6, 6.07) is 13.4. The Morgan fingerprint density at radius 2 is 1.88 bits per heavy atom. The van der Waals surface area contributed by atoms with Gasteiger partial charge in [-0.1, -0.05) is 36.4 Å². The lowest BCUT2D eigenvalue weighted by Gasteiger charge is -2.24. The Hall–Kier alpha value is -4.61. The third-order valence-electron chi connectivity index (χ3n) is 6.36. The first-order valence-electron chi connectivity index (χ1n) is 14.1. The number of aromatic nitrogens is 2. The van der Waals surface area contributed by atoms with Crippen LogP contribution in [0.3, 0.4) is 0 Å². The molecule has 0 saturated carbocycles. The van der Waals surface area contributed by atoms with E-state index < -0.39 is 29.6 Å². The highest BCUT2D eigenvalue weighted by molar-refractivity contribution is 6.06. The Balaban J connectivity index is 1.34. The van der Waals surface area contributed by atoms with Crippen LogP contribution in [0, 0.1) is 0 Å². The fourth-order valence-corrected chi connectivity index (χ4v) is 4.35. The zero-order chi connectivity index (χ0) is 30.0. The van der Waals surface area contributed by atoms with Gasteiger partial charge in [0, 0.05) is 31.6 Å². The highest BCUT2D eigenvalue weighted by Crippen LogP contribution is 2.19. The zero-order valence-electron chi connectivity index (χ0n) is 24.3. The molecule has 42 heavy (non-hydrogen) atoms. The largest absolute Gasteiger partial charge is 0.458 e. The predicted octanol–water partition coefficient (Wildman–Crippen LogP) is 2.73. The molecule has 1 aliphatic rings. The van der Waals surface area contributed by atoms with Gasteiger partial charge in [-0.3, -0.25) is 14.5 Å². The summed E-state index contributed by atoms with van der Waals surface area (Å²) >= 11 is 0. The second-order valence-electron chi connectivity index (χ2n) is 10.9. The van der Waals surface area contributed by atoms with Crippen molar-refractivity contribution in [3.05, 3.63) is 65.9 Å². The van der Waals surface area contributed by atoms with Gasteiger partial charge in [-0.25, -0.2) is 9.59 Å². The van der Waals surface area contributed by atoms with E-state index in [4.69, 9.17) is 9.47 Å². The van der Waals surface area contributed by atoms with Crippen molar-refractivity contribution in [2.45, 2.75) is 58.4 Å². The maximum atomic E-state index is 13.2. The summed E-state index contributed by atoms with van der Waals surface area (Å²) in [5.74, 6) is -0.235. The van der Waals surface area contributed by atoms with Gasteiger partial charge in [-0.15, -0.1) is 0 Å². The molecule has 2 aromatic carbocycles. The topological polar surface area (TPSA) is 148 Å². The first kappa shape index (κ1) is 30.4. The van der Waals surface area contributed by atoms with E-state index in [1.54, 1.807) is 39.1 Å². The molecule has 2 amide bonds. The first-order valence-corrected chi connectivity index (χ1v) is 14.1. The molecule has 0 bridgehead atoms. The molecular weight excluding hydrogens is 538 g/mol. The number of ether oxygens (including phenoxy) is 2. The van der Waals surface area contributed by atoms with E-state index in [2.05, 4.69) is 31.4 Å². The number of benzene rings is 2. The van der Waals surface area contributed by atoms with Crippen LogP contribution >= 0.6 is 0 Å². The molecule has 4 N–H and O–H groups in total. The van der Waals surface area contributed by atoms with Gasteiger partial charge in [0.15, 0.2) is 5.96 Å². The number of esters is 1. The van der Waals surface area contributed by atoms with Crippen molar-refractivity contribution in [1.82, 2.24) is 31.0 Å². The summed E-state index contributed by atoms with van der Waals surface area (Å²) in [4.78, 5) is 42.9. The molecule has 0 aliphatic carbocycles. The molecule has 0 radical (unpaired) electrons. The van der Waals surface area contributed by atoms with E-state index in [9.17, 15) is 14.4 Å². The fraction of sp³-hybridized carbons (Fsp3) is 0.433. The molecule has 1 aliphatic heterocycles. The molecule has 0 unspecified atom stereocenters. The number of guanidine groups is 1. The molecular formula is C30H39N7O5. The van der Waals surface area contributed by atoms with Gasteiger partial charge < -0.3 is 30.7 Å². The second kappa shape index (κ2) is 14.3. The number of nitrogens with zero attached hydrogens (tertiary/aromatic N) is 3. The van der Waals surface area contributed by atoms with Gasteiger partial charge in [0.05, 0.1) is 23.8 Å².